The first-order valence-corrected chi connectivity index (χ1v) is 5.32. The largest absolute Gasteiger partial charge is 0.347 e. The van der Waals surface area contributed by atoms with Gasteiger partial charge in [0.1, 0.15) is 5.82 Å². The van der Waals surface area contributed by atoms with Crippen LogP contribution < -0.4 is 10.2 Å². The van der Waals surface area contributed by atoms with E-state index in [9.17, 15) is 0 Å². The summed E-state index contributed by atoms with van der Waals surface area (Å²) in [6.07, 6.45) is 8.75. The van der Waals surface area contributed by atoms with Gasteiger partial charge in [0.05, 0.1) is 24.6 Å². The monoisotopic (exact) mass is 218 g/mol. The number of hydrogen-bond donors (Lipinski definition) is 1. The van der Waals surface area contributed by atoms with Gasteiger partial charge in [0.2, 0.25) is 0 Å². The van der Waals surface area contributed by atoms with E-state index in [0.29, 0.717) is 12.6 Å². The van der Waals surface area contributed by atoms with Crippen LogP contribution in [-0.2, 0) is 6.54 Å². The minimum Gasteiger partial charge on any atom is -0.347 e. The molecule has 0 amide bonds. The highest BCUT2D eigenvalue weighted by molar-refractivity contribution is 5.36. The van der Waals surface area contributed by atoms with Gasteiger partial charge < -0.3 is 10.2 Å². The molecule has 0 unspecified atom stereocenters. The molecule has 0 fully saturated rings. The molecular weight excluding hydrogens is 200 g/mol. The van der Waals surface area contributed by atoms with Crippen LogP contribution >= 0.6 is 0 Å². The van der Waals surface area contributed by atoms with Crippen molar-refractivity contribution in [2.45, 2.75) is 26.4 Å². The van der Waals surface area contributed by atoms with Gasteiger partial charge in [-0.25, -0.2) is 4.98 Å². The molecule has 1 aromatic rings. The second kappa shape index (κ2) is 6.09. The van der Waals surface area contributed by atoms with Crippen LogP contribution in [0.4, 0.5) is 5.82 Å². The first-order valence-electron chi connectivity index (χ1n) is 5.32. The van der Waals surface area contributed by atoms with E-state index in [1.165, 1.54) is 0 Å². The van der Waals surface area contributed by atoms with E-state index in [-0.39, 0.29) is 0 Å². The van der Waals surface area contributed by atoms with E-state index in [0.717, 1.165) is 18.1 Å². The highest BCUT2D eigenvalue weighted by atomic mass is 15.2. The predicted molar refractivity (Wildman–Crippen MR) is 66.1 cm³/mol. The molecule has 0 aliphatic carbocycles. The Bertz CT molecular complexity index is 350. The fourth-order valence-electron chi connectivity index (χ4n) is 1.16. The molecule has 0 radical (unpaired) electrons. The van der Waals surface area contributed by atoms with Crippen molar-refractivity contribution in [1.29, 1.82) is 0 Å². The molecule has 0 saturated carbocycles. The van der Waals surface area contributed by atoms with Crippen LogP contribution in [-0.4, -0.2) is 29.6 Å². The molecule has 1 rings (SSSR count). The maximum Gasteiger partial charge on any atom is 0.147 e. The molecular formula is C12H18N4. The molecule has 0 aromatic carbocycles. The summed E-state index contributed by atoms with van der Waals surface area (Å²) in [6.45, 7) is 5.48. The average molecular weight is 218 g/mol. The van der Waals surface area contributed by atoms with Crippen LogP contribution in [0.1, 0.15) is 19.5 Å². The summed E-state index contributed by atoms with van der Waals surface area (Å²) in [5.74, 6) is 3.36. The lowest BCUT2D eigenvalue weighted by molar-refractivity contribution is 0.580. The summed E-state index contributed by atoms with van der Waals surface area (Å²) in [5, 5.41) is 3.29. The van der Waals surface area contributed by atoms with Gasteiger partial charge in [0.25, 0.3) is 0 Å². The fourth-order valence-corrected chi connectivity index (χ4v) is 1.16. The van der Waals surface area contributed by atoms with Gasteiger partial charge in [0.15, 0.2) is 0 Å². The smallest absolute Gasteiger partial charge is 0.147 e. The van der Waals surface area contributed by atoms with E-state index in [1.807, 2.05) is 11.9 Å². The van der Waals surface area contributed by atoms with Gasteiger partial charge in [-0.2, -0.15) is 0 Å². The highest BCUT2D eigenvalue weighted by Gasteiger charge is 2.02. The van der Waals surface area contributed by atoms with Crippen molar-refractivity contribution >= 4 is 5.82 Å². The van der Waals surface area contributed by atoms with Crippen molar-refractivity contribution in [3.63, 3.8) is 0 Å². The normalized spacial score (nSPS) is 10.2. The van der Waals surface area contributed by atoms with Gasteiger partial charge in [-0.3, -0.25) is 4.98 Å². The molecule has 1 heterocycles. The Morgan fingerprint density at radius 3 is 2.69 bits per heavy atom. The summed E-state index contributed by atoms with van der Waals surface area (Å²) in [4.78, 5) is 10.5. The summed E-state index contributed by atoms with van der Waals surface area (Å²) in [7, 11) is 1.90. The van der Waals surface area contributed by atoms with Crippen LogP contribution in [0.2, 0.25) is 0 Å². The van der Waals surface area contributed by atoms with Gasteiger partial charge in [-0.05, 0) is 0 Å². The molecule has 1 N–H and O–H groups in total. The first kappa shape index (κ1) is 12.5. The predicted octanol–water partition coefficient (Wildman–Crippen LogP) is 1.04. The fraction of sp³-hybridized carbons (Fsp3) is 0.500. The van der Waals surface area contributed by atoms with Crippen molar-refractivity contribution in [2.24, 2.45) is 0 Å². The highest BCUT2D eigenvalue weighted by Crippen LogP contribution is 2.05. The third kappa shape index (κ3) is 3.87. The number of terminal acetylenes is 1. The molecule has 86 valence electrons. The maximum atomic E-state index is 5.23. The zero-order valence-corrected chi connectivity index (χ0v) is 10.1. The van der Waals surface area contributed by atoms with E-state index in [4.69, 9.17) is 6.42 Å². The number of aromatic nitrogens is 2. The molecule has 1 aromatic heterocycles. The summed E-state index contributed by atoms with van der Waals surface area (Å²) in [5.41, 5.74) is 0.937. The quantitative estimate of drug-likeness (QED) is 0.750. The minimum atomic E-state index is 0.450. The molecule has 0 atom stereocenters. The van der Waals surface area contributed by atoms with E-state index >= 15 is 0 Å². The van der Waals surface area contributed by atoms with Gasteiger partial charge in [0, 0.05) is 19.6 Å². The first-order chi connectivity index (χ1) is 7.63. The van der Waals surface area contributed by atoms with Crippen LogP contribution in [0.15, 0.2) is 12.4 Å². The number of anilines is 1. The molecule has 16 heavy (non-hydrogen) atoms. The third-order valence-electron chi connectivity index (χ3n) is 2.10. The second-order valence-corrected chi connectivity index (χ2v) is 3.96. The maximum absolute atomic E-state index is 5.23. The third-order valence-corrected chi connectivity index (χ3v) is 2.10. The van der Waals surface area contributed by atoms with Crippen molar-refractivity contribution in [2.75, 3.05) is 18.5 Å². The lowest BCUT2D eigenvalue weighted by atomic mass is 10.3. The van der Waals surface area contributed by atoms with Crippen molar-refractivity contribution in [1.82, 2.24) is 15.3 Å². The number of nitrogens with one attached hydrogen (secondary N) is 1. The zero-order chi connectivity index (χ0) is 12.0. The lowest BCUT2D eigenvalue weighted by Gasteiger charge is -2.14. The van der Waals surface area contributed by atoms with E-state index in [1.54, 1.807) is 12.4 Å². The van der Waals surface area contributed by atoms with Gasteiger partial charge in [-0.15, -0.1) is 6.42 Å². The topological polar surface area (TPSA) is 41.1 Å². The summed E-state index contributed by atoms with van der Waals surface area (Å²) >= 11 is 0. The lowest BCUT2D eigenvalue weighted by Crippen LogP contribution is -2.23. The molecule has 0 aliphatic rings. The Morgan fingerprint density at radius 1 is 1.44 bits per heavy atom. The number of nitrogens with zero attached hydrogens (tertiary/aromatic N) is 3. The number of hydrogen-bond acceptors (Lipinski definition) is 4. The molecule has 0 bridgehead atoms. The zero-order valence-electron chi connectivity index (χ0n) is 10.1. The Morgan fingerprint density at radius 2 is 2.19 bits per heavy atom. The Balaban J connectivity index is 2.58. The van der Waals surface area contributed by atoms with Crippen molar-refractivity contribution in [3.05, 3.63) is 18.1 Å². The van der Waals surface area contributed by atoms with E-state index < -0.39 is 0 Å². The Kier molecular flexibility index (Phi) is 4.74. The van der Waals surface area contributed by atoms with E-state index in [2.05, 4.69) is 35.1 Å². The van der Waals surface area contributed by atoms with Crippen LogP contribution in [0.25, 0.3) is 0 Å². The minimum absolute atomic E-state index is 0.450. The van der Waals surface area contributed by atoms with Crippen molar-refractivity contribution in [3.8, 4) is 12.3 Å². The SMILES string of the molecule is C#CCN(C)c1cnc(CNC(C)C)cn1. The average Bonchev–Trinajstić information content (AvgIpc) is 2.27. The molecule has 0 spiro atoms. The van der Waals surface area contributed by atoms with Crippen LogP contribution in [0.3, 0.4) is 0 Å². The molecule has 0 aliphatic heterocycles. The standard InChI is InChI=1S/C12H18N4/c1-5-6-16(4)12-9-14-11(8-15-12)7-13-10(2)3/h1,8-10,13H,6-7H2,2-4H3. The van der Waals surface area contributed by atoms with Gasteiger partial charge >= 0.3 is 0 Å². The Hall–Kier alpha value is -1.60. The molecule has 4 nitrogen and oxygen atoms in total. The van der Waals surface area contributed by atoms with Gasteiger partial charge in [-0.1, -0.05) is 19.8 Å². The van der Waals surface area contributed by atoms with Crippen LogP contribution in [0, 0.1) is 12.3 Å². The van der Waals surface area contributed by atoms with Crippen LogP contribution in [0.5, 0.6) is 0 Å². The van der Waals surface area contributed by atoms with Crippen molar-refractivity contribution < 1.29 is 0 Å². The molecule has 4 heteroatoms. The molecule has 0 saturated heterocycles. The second-order valence-electron chi connectivity index (χ2n) is 3.96. The Labute approximate surface area is 97.1 Å². The summed E-state index contributed by atoms with van der Waals surface area (Å²) < 4.78 is 0. The number of rotatable bonds is 5. The summed E-state index contributed by atoms with van der Waals surface area (Å²) in [6, 6.07) is 0.450.